The topological polar surface area (TPSA) is 38.9 Å². The highest BCUT2D eigenvalue weighted by Crippen LogP contribution is 2.24. The van der Waals surface area contributed by atoms with E-state index >= 15 is 0 Å². The first-order chi connectivity index (χ1) is 6.79. The Morgan fingerprint density at radius 1 is 1.50 bits per heavy atom. The van der Waals surface area contributed by atoms with Crippen molar-refractivity contribution in [2.24, 2.45) is 0 Å². The summed E-state index contributed by atoms with van der Waals surface area (Å²) in [5.41, 5.74) is 7.69. The number of nitrogen functional groups attached to an aromatic ring is 1. The maximum atomic E-state index is 5.61. The van der Waals surface area contributed by atoms with Gasteiger partial charge in [-0.2, -0.15) is 0 Å². The van der Waals surface area contributed by atoms with Gasteiger partial charge in [0.15, 0.2) is 5.13 Å². The Morgan fingerprint density at radius 3 is 3.14 bits per heavy atom. The molecule has 0 aliphatic heterocycles. The number of hydrogen-bond acceptors (Lipinski definition) is 3. The summed E-state index contributed by atoms with van der Waals surface area (Å²) >= 11 is 7.06. The van der Waals surface area contributed by atoms with E-state index in [0.717, 1.165) is 15.8 Å². The third-order valence-corrected chi connectivity index (χ3v) is 2.85. The van der Waals surface area contributed by atoms with Gasteiger partial charge in [-0.25, -0.2) is 4.98 Å². The second-order valence-electron chi connectivity index (χ2n) is 2.84. The van der Waals surface area contributed by atoms with E-state index in [4.69, 9.17) is 17.3 Å². The largest absolute Gasteiger partial charge is 0.375 e. The van der Waals surface area contributed by atoms with E-state index in [2.05, 4.69) is 11.1 Å². The quantitative estimate of drug-likeness (QED) is 0.796. The molecule has 0 aliphatic rings. The van der Waals surface area contributed by atoms with E-state index in [1.165, 1.54) is 11.3 Å². The molecule has 0 fully saturated rings. The molecule has 2 rings (SSSR count). The molecule has 0 radical (unpaired) electrons. The molecule has 0 saturated heterocycles. The highest BCUT2D eigenvalue weighted by atomic mass is 35.5. The van der Waals surface area contributed by atoms with Gasteiger partial charge < -0.3 is 5.73 Å². The van der Waals surface area contributed by atoms with E-state index in [1.807, 2.05) is 24.3 Å². The fraction of sp³-hybridized carbons (Fsp3) is 0.100. The van der Waals surface area contributed by atoms with Crippen molar-refractivity contribution in [2.75, 3.05) is 11.6 Å². The lowest BCUT2D eigenvalue weighted by atomic mass is 10.2. The number of fused-ring (bicyclic) bond motifs is 1. The van der Waals surface area contributed by atoms with Crippen LogP contribution in [0.15, 0.2) is 24.3 Å². The standard InChI is InChI=1S/C10H9ClN2S/c11-5-1-2-7-3-4-8-9(6-7)14-10(12)13-8/h1-4,6H,5H2,(H2,12,13). The van der Waals surface area contributed by atoms with Gasteiger partial charge in [-0.05, 0) is 17.7 Å². The summed E-state index contributed by atoms with van der Waals surface area (Å²) in [6, 6.07) is 6.03. The molecule has 0 amide bonds. The smallest absolute Gasteiger partial charge is 0.181 e. The molecule has 0 aliphatic carbocycles. The van der Waals surface area contributed by atoms with Gasteiger partial charge in [0.25, 0.3) is 0 Å². The second-order valence-corrected chi connectivity index (χ2v) is 4.21. The molecule has 1 heterocycles. The van der Waals surface area contributed by atoms with Gasteiger partial charge in [0.2, 0.25) is 0 Å². The maximum Gasteiger partial charge on any atom is 0.181 e. The SMILES string of the molecule is Nc1nc2ccc(C=CCCl)cc2s1. The van der Waals surface area contributed by atoms with E-state index < -0.39 is 0 Å². The first-order valence-corrected chi connectivity index (χ1v) is 5.53. The zero-order chi connectivity index (χ0) is 9.97. The highest BCUT2D eigenvalue weighted by Gasteiger charge is 1.99. The molecule has 4 heteroatoms. The molecule has 1 aromatic carbocycles. The van der Waals surface area contributed by atoms with Crippen molar-refractivity contribution in [1.82, 2.24) is 4.98 Å². The fourth-order valence-corrected chi connectivity index (χ4v) is 2.11. The number of allylic oxidation sites excluding steroid dienone is 1. The fourth-order valence-electron chi connectivity index (χ4n) is 1.24. The van der Waals surface area contributed by atoms with Gasteiger partial charge in [-0.1, -0.05) is 29.6 Å². The Morgan fingerprint density at radius 2 is 2.36 bits per heavy atom. The first kappa shape index (κ1) is 9.49. The van der Waals surface area contributed by atoms with Crippen molar-refractivity contribution in [3.05, 3.63) is 29.8 Å². The molecular formula is C10H9ClN2S. The van der Waals surface area contributed by atoms with Gasteiger partial charge in [-0.15, -0.1) is 11.6 Å². The van der Waals surface area contributed by atoms with Gasteiger partial charge in [-0.3, -0.25) is 0 Å². The number of benzene rings is 1. The number of anilines is 1. The van der Waals surface area contributed by atoms with E-state index in [0.29, 0.717) is 11.0 Å². The van der Waals surface area contributed by atoms with Crippen LogP contribution in [-0.2, 0) is 0 Å². The minimum absolute atomic E-state index is 0.531. The molecular weight excluding hydrogens is 216 g/mol. The Hall–Kier alpha value is -1.06. The van der Waals surface area contributed by atoms with Crippen LogP contribution in [0.5, 0.6) is 0 Å². The number of hydrogen-bond donors (Lipinski definition) is 1. The number of nitrogens with two attached hydrogens (primary N) is 1. The van der Waals surface area contributed by atoms with Crippen LogP contribution < -0.4 is 5.73 Å². The van der Waals surface area contributed by atoms with Crippen LogP contribution in [0.4, 0.5) is 5.13 Å². The third-order valence-electron chi connectivity index (χ3n) is 1.83. The Kier molecular flexibility index (Phi) is 2.70. The lowest BCUT2D eigenvalue weighted by Gasteiger charge is -1.91. The maximum absolute atomic E-state index is 5.61. The van der Waals surface area contributed by atoms with E-state index in [9.17, 15) is 0 Å². The average Bonchev–Trinajstić information content (AvgIpc) is 2.54. The van der Waals surface area contributed by atoms with Crippen LogP contribution in [0.2, 0.25) is 0 Å². The molecule has 1 aromatic heterocycles. The zero-order valence-electron chi connectivity index (χ0n) is 7.40. The summed E-state index contributed by atoms with van der Waals surface area (Å²) < 4.78 is 1.11. The summed E-state index contributed by atoms with van der Waals surface area (Å²) in [6.45, 7) is 0. The third kappa shape index (κ3) is 1.89. The Balaban J connectivity index is 2.45. The van der Waals surface area contributed by atoms with Crippen molar-refractivity contribution < 1.29 is 0 Å². The van der Waals surface area contributed by atoms with Crippen molar-refractivity contribution in [3.8, 4) is 0 Å². The molecule has 0 spiro atoms. The van der Waals surface area contributed by atoms with E-state index in [1.54, 1.807) is 0 Å². The molecule has 0 unspecified atom stereocenters. The Bertz CT molecular complexity index is 476. The van der Waals surface area contributed by atoms with Crippen molar-refractivity contribution in [1.29, 1.82) is 0 Å². The molecule has 2 N–H and O–H groups in total. The monoisotopic (exact) mass is 224 g/mol. The molecule has 2 aromatic rings. The van der Waals surface area contributed by atoms with Crippen LogP contribution in [-0.4, -0.2) is 10.9 Å². The summed E-state index contributed by atoms with van der Waals surface area (Å²) in [7, 11) is 0. The lowest BCUT2D eigenvalue weighted by molar-refractivity contribution is 1.49. The van der Waals surface area contributed by atoms with Crippen LogP contribution >= 0.6 is 22.9 Å². The number of nitrogens with zero attached hydrogens (tertiary/aromatic N) is 1. The number of alkyl halides is 1. The van der Waals surface area contributed by atoms with Gasteiger partial charge in [0.05, 0.1) is 10.2 Å². The number of halogens is 1. The molecule has 0 bridgehead atoms. The second kappa shape index (κ2) is 3.98. The first-order valence-electron chi connectivity index (χ1n) is 4.18. The van der Waals surface area contributed by atoms with Gasteiger partial charge in [0.1, 0.15) is 0 Å². The average molecular weight is 225 g/mol. The van der Waals surface area contributed by atoms with Crippen molar-refractivity contribution in [2.45, 2.75) is 0 Å². The van der Waals surface area contributed by atoms with Crippen LogP contribution in [0.3, 0.4) is 0 Å². The van der Waals surface area contributed by atoms with Crippen molar-refractivity contribution >= 4 is 44.4 Å². The summed E-state index contributed by atoms with van der Waals surface area (Å²) in [6.07, 6.45) is 3.90. The predicted octanol–water partition coefficient (Wildman–Crippen LogP) is 3.13. The van der Waals surface area contributed by atoms with Crippen LogP contribution in [0.25, 0.3) is 16.3 Å². The number of aromatic nitrogens is 1. The zero-order valence-corrected chi connectivity index (χ0v) is 8.98. The van der Waals surface area contributed by atoms with E-state index in [-0.39, 0.29) is 0 Å². The van der Waals surface area contributed by atoms with Gasteiger partial charge in [0, 0.05) is 5.88 Å². The number of rotatable bonds is 2. The summed E-state index contributed by atoms with van der Waals surface area (Å²) in [5, 5.41) is 0.610. The molecule has 0 saturated carbocycles. The lowest BCUT2D eigenvalue weighted by Crippen LogP contribution is -1.78. The minimum Gasteiger partial charge on any atom is -0.375 e. The molecule has 2 nitrogen and oxygen atoms in total. The normalized spacial score (nSPS) is 11.5. The van der Waals surface area contributed by atoms with Crippen molar-refractivity contribution in [3.63, 3.8) is 0 Å². The highest BCUT2D eigenvalue weighted by molar-refractivity contribution is 7.22. The molecule has 0 atom stereocenters. The van der Waals surface area contributed by atoms with Crippen LogP contribution in [0.1, 0.15) is 5.56 Å². The van der Waals surface area contributed by atoms with Crippen LogP contribution in [0, 0.1) is 0 Å². The van der Waals surface area contributed by atoms with Gasteiger partial charge >= 0.3 is 0 Å². The predicted molar refractivity (Wildman–Crippen MR) is 63.8 cm³/mol. The summed E-state index contributed by atoms with van der Waals surface area (Å²) in [4.78, 5) is 4.18. The molecule has 14 heavy (non-hydrogen) atoms. The summed E-state index contributed by atoms with van der Waals surface area (Å²) in [5.74, 6) is 0.531. The Labute approximate surface area is 91.0 Å². The molecule has 72 valence electrons. The minimum atomic E-state index is 0.531. The number of thiazole rings is 1.